The summed E-state index contributed by atoms with van der Waals surface area (Å²) in [7, 11) is 0. The van der Waals surface area contributed by atoms with E-state index in [9.17, 15) is 4.79 Å². The summed E-state index contributed by atoms with van der Waals surface area (Å²) in [5.74, 6) is 0.378. The molecule has 0 bridgehead atoms. The number of carbonyl (C=O) groups is 1. The number of aryl methyl sites for hydroxylation is 1. The Morgan fingerprint density at radius 2 is 1.89 bits per heavy atom. The molecule has 2 rings (SSSR count). The van der Waals surface area contributed by atoms with Crippen molar-refractivity contribution in [3.05, 3.63) is 64.1 Å². The Hall–Kier alpha value is -2.14. The van der Waals surface area contributed by atoms with Crippen LogP contribution in [-0.4, -0.2) is 18.2 Å². The number of hydrogen-bond donors (Lipinski definition) is 1. The minimum Gasteiger partial charge on any atom is -0.483 e. The van der Waals surface area contributed by atoms with Gasteiger partial charge in [0.2, 0.25) is 0 Å². The molecule has 0 unspecified atom stereocenters. The molecule has 0 fully saturated rings. The van der Waals surface area contributed by atoms with Gasteiger partial charge in [-0.25, -0.2) is 5.43 Å². The molecule has 27 heavy (non-hydrogen) atoms. The molecule has 0 heterocycles. The van der Waals surface area contributed by atoms with Crippen molar-refractivity contribution in [2.75, 3.05) is 6.61 Å². The first-order valence-corrected chi connectivity index (χ1v) is 10.2. The Balaban J connectivity index is 1.95. The van der Waals surface area contributed by atoms with Crippen molar-refractivity contribution in [3.8, 4) is 5.75 Å². The highest BCUT2D eigenvalue weighted by Gasteiger charge is 2.08. The monoisotopic (exact) mass is 430 g/mol. The fourth-order valence-electron chi connectivity index (χ4n) is 2.62. The molecule has 5 heteroatoms. The summed E-state index contributed by atoms with van der Waals surface area (Å²) in [5, 5.41) is 4.35. The molecule has 2 aromatic carbocycles. The Morgan fingerprint density at radius 3 is 2.56 bits per heavy atom. The van der Waals surface area contributed by atoms with Crippen LogP contribution in [0.5, 0.6) is 5.75 Å². The van der Waals surface area contributed by atoms with Crippen LogP contribution in [0, 0.1) is 0 Å². The molecule has 0 aromatic heterocycles. The Morgan fingerprint density at radius 1 is 1.11 bits per heavy atom. The third-order valence-electron chi connectivity index (χ3n) is 4.20. The number of ether oxygens (including phenoxy) is 1. The maximum Gasteiger partial charge on any atom is 0.277 e. The molecule has 0 aliphatic carbocycles. The minimum absolute atomic E-state index is 0.0788. The van der Waals surface area contributed by atoms with Crippen LogP contribution >= 0.6 is 15.9 Å². The molecule has 1 amide bonds. The van der Waals surface area contributed by atoms with Crippen molar-refractivity contribution in [2.45, 2.75) is 46.0 Å². The smallest absolute Gasteiger partial charge is 0.277 e. The second-order valence-electron chi connectivity index (χ2n) is 6.32. The van der Waals surface area contributed by atoms with Crippen LogP contribution in [0.3, 0.4) is 0 Å². The maximum atomic E-state index is 12.2. The van der Waals surface area contributed by atoms with Crippen LogP contribution in [0.25, 0.3) is 0 Å². The molecular formula is C22H27BrN2O2. The second kappa shape index (κ2) is 11.5. The zero-order chi connectivity index (χ0) is 19.5. The number of rotatable bonds is 10. The Bertz CT molecular complexity index is 760. The van der Waals surface area contributed by atoms with Gasteiger partial charge in [0.15, 0.2) is 6.61 Å². The van der Waals surface area contributed by atoms with Gasteiger partial charge >= 0.3 is 0 Å². The predicted molar refractivity (Wildman–Crippen MR) is 114 cm³/mol. The zero-order valence-electron chi connectivity index (χ0n) is 16.0. The summed E-state index contributed by atoms with van der Waals surface area (Å²) < 4.78 is 6.46. The van der Waals surface area contributed by atoms with Crippen molar-refractivity contribution >= 4 is 27.5 Å². The summed E-state index contributed by atoms with van der Waals surface area (Å²) in [6.07, 6.45) is 5.13. The average Bonchev–Trinajstić information content (AvgIpc) is 2.70. The maximum absolute atomic E-state index is 12.2. The molecule has 0 spiro atoms. The molecular weight excluding hydrogens is 404 g/mol. The van der Waals surface area contributed by atoms with E-state index in [0.29, 0.717) is 5.75 Å². The topological polar surface area (TPSA) is 50.7 Å². The summed E-state index contributed by atoms with van der Waals surface area (Å²) in [5.41, 5.74) is 5.77. The van der Waals surface area contributed by atoms with Crippen LogP contribution in [-0.2, 0) is 11.2 Å². The van der Waals surface area contributed by atoms with Crippen molar-refractivity contribution in [1.29, 1.82) is 0 Å². The van der Waals surface area contributed by atoms with Gasteiger partial charge in [0.25, 0.3) is 5.91 Å². The quantitative estimate of drug-likeness (QED) is 0.307. The minimum atomic E-state index is -0.273. The molecule has 0 atom stereocenters. The first-order valence-electron chi connectivity index (χ1n) is 9.46. The molecule has 0 aliphatic rings. The number of nitrogens with one attached hydrogen (secondary N) is 1. The van der Waals surface area contributed by atoms with Gasteiger partial charge < -0.3 is 4.74 Å². The normalized spacial score (nSPS) is 11.3. The third-order valence-corrected chi connectivity index (χ3v) is 4.82. The molecule has 2 aromatic rings. The lowest BCUT2D eigenvalue weighted by molar-refractivity contribution is -0.123. The standard InChI is InChI=1S/C22H27BrN2O2/c1-3-5-7-12-20(18-10-8-6-9-11-18)24-25-22(26)16-27-21-14-13-17(4-2)15-19(21)23/h6,8-11,13-15H,3-5,7,12,16H2,1-2H3,(H,25,26)/b24-20+. The van der Waals surface area contributed by atoms with Gasteiger partial charge in [-0.05, 0) is 58.5 Å². The molecule has 4 nitrogen and oxygen atoms in total. The van der Waals surface area contributed by atoms with Crippen molar-refractivity contribution < 1.29 is 9.53 Å². The van der Waals surface area contributed by atoms with E-state index in [1.54, 1.807) is 0 Å². The van der Waals surface area contributed by atoms with Crippen molar-refractivity contribution in [1.82, 2.24) is 5.43 Å². The van der Waals surface area contributed by atoms with Crippen molar-refractivity contribution in [3.63, 3.8) is 0 Å². The summed E-state index contributed by atoms with van der Waals surface area (Å²) in [6, 6.07) is 15.8. The number of carbonyl (C=O) groups excluding carboxylic acids is 1. The summed E-state index contributed by atoms with van der Waals surface area (Å²) >= 11 is 3.48. The van der Waals surface area contributed by atoms with Gasteiger partial charge in [0, 0.05) is 0 Å². The lowest BCUT2D eigenvalue weighted by Crippen LogP contribution is -2.26. The van der Waals surface area contributed by atoms with E-state index < -0.39 is 0 Å². The highest BCUT2D eigenvalue weighted by Crippen LogP contribution is 2.26. The van der Waals surface area contributed by atoms with E-state index in [-0.39, 0.29) is 12.5 Å². The lowest BCUT2D eigenvalue weighted by Gasteiger charge is -2.10. The lowest BCUT2D eigenvalue weighted by atomic mass is 10.0. The van der Waals surface area contributed by atoms with Crippen molar-refractivity contribution in [2.24, 2.45) is 5.10 Å². The van der Waals surface area contributed by atoms with E-state index in [2.05, 4.69) is 40.3 Å². The van der Waals surface area contributed by atoms with Gasteiger partial charge in [0.05, 0.1) is 10.2 Å². The fourth-order valence-corrected chi connectivity index (χ4v) is 3.17. The van der Waals surface area contributed by atoms with Gasteiger partial charge in [-0.3, -0.25) is 4.79 Å². The van der Waals surface area contributed by atoms with E-state index in [0.717, 1.165) is 47.9 Å². The van der Waals surface area contributed by atoms with Crippen LogP contribution in [0.1, 0.15) is 50.7 Å². The number of benzene rings is 2. The highest BCUT2D eigenvalue weighted by molar-refractivity contribution is 9.10. The number of unbranched alkanes of at least 4 members (excludes halogenated alkanes) is 2. The zero-order valence-corrected chi connectivity index (χ0v) is 17.6. The summed E-state index contributed by atoms with van der Waals surface area (Å²) in [6.45, 7) is 4.19. The molecule has 0 radical (unpaired) electrons. The largest absolute Gasteiger partial charge is 0.483 e. The third kappa shape index (κ3) is 7.18. The Labute approximate surface area is 170 Å². The second-order valence-corrected chi connectivity index (χ2v) is 7.18. The summed E-state index contributed by atoms with van der Waals surface area (Å²) in [4.78, 5) is 12.2. The highest BCUT2D eigenvalue weighted by atomic mass is 79.9. The average molecular weight is 431 g/mol. The van der Waals surface area contributed by atoms with E-state index in [1.165, 1.54) is 5.56 Å². The number of hydrogen-bond acceptors (Lipinski definition) is 3. The first kappa shape index (κ1) is 21.2. The van der Waals surface area contributed by atoms with Crippen LogP contribution in [0.15, 0.2) is 58.1 Å². The molecule has 0 aliphatic heterocycles. The number of halogens is 1. The fraction of sp³-hybridized carbons (Fsp3) is 0.364. The molecule has 144 valence electrons. The number of nitrogens with zero attached hydrogens (tertiary/aromatic N) is 1. The molecule has 1 N–H and O–H groups in total. The van der Waals surface area contributed by atoms with E-state index >= 15 is 0 Å². The van der Waals surface area contributed by atoms with Crippen LogP contribution in [0.2, 0.25) is 0 Å². The molecule has 0 saturated heterocycles. The van der Waals surface area contributed by atoms with E-state index in [4.69, 9.17) is 4.74 Å². The predicted octanol–water partition coefficient (Wildman–Crippen LogP) is 5.49. The molecule has 0 saturated carbocycles. The Kier molecular flexibility index (Phi) is 9.05. The van der Waals surface area contributed by atoms with Crippen LogP contribution < -0.4 is 10.2 Å². The number of amides is 1. The first-order chi connectivity index (χ1) is 13.1. The van der Waals surface area contributed by atoms with Gasteiger partial charge in [-0.1, -0.05) is 63.1 Å². The van der Waals surface area contributed by atoms with Gasteiger partial charge in [-0.15, -0.1) is 0 Å². The van der Waals surface area contributed by atoms with E-state index in [1.807, 2.05) is 48.5 Å². The van der Waals surface area contributed by atoms with Crippen LogP contribution in [0.4, 0.5) is 0 Å². The van der Waals surface area contributed by atoms with Gasteiger partial charge in [0.1, 0.15) is 5.75 Å². The van der Waals surface area contributed by atoms with Gasteiger partial charge in [-0.2, -0.15) is 5.10 Å². The number of hydrazone groups is 1. The SMILES string of the molecule is CCCCC/C(=N\NC(=O)COc1ccc(CC)cc1Br)c1ccccc1.